The number of rotatable bonds is 5. The maximum Gasteiger partial charge on any atom is 0.270 e. The van der Waals surface area contributed by atoms with Crippen molar-refractivity contribution >= 4 is 11.6 Å². The fraction of sp³-hybridized carbons (Fsp3) is 0.174. The van der Waals surface area contributed by atoms with E-state index >= 15 is 0 Å². The molecule has 0 radical (unpaired) electrons. The molecule has 1 N–H and O–H groups in total. The van der Waals surface area contributed by atoms with Crippen LogP contribution in [0.3, 0.4) is 0 Å². The smallest absolute Gasteiger partial charge is 0.270 e. The molecule has 2 heterocycles. The average Bonchev–Trinajstić information content (AvgIpc) is 3.17. The third kappa shape index (κ3) is 3.69. The van der Waals surface area contributed by atoms with Gasteiger partial charge in [0.1, 0.15) is 11.4 Å². The molecule has 2 aromatic heterocycles. The van der Waals surface area contributed by atoms with Crippen LogP contribution in [0.5, 0.6) is 5.75 Å². The Morgan fingerprint density at radius 1 is 1.03 bits per heavy atom. The van der Waals surface area contributed by atoms with Gasteiger partial charge < -0.3 is 10.1 Å². The zero-order valence-electron chi connectivity index (χ0n) is 16.6. The van der Waals surface area contributed by atoms with E-state index in [0.29, 0.717) is 17.1 Å². The Morgan fingerprint density at radius 3 is 2.48 bits per heavy atom. The number of aromatic nitrogens is 3. The zero-order valence-corrected chi connectivity index (χ0v) is 16.6. The lowest BCUT2D eigenvalue weighted by atomic mass is 10.1. The van der Waals surface area contributed by atoms with Gasteiger partial charge in [0.25, 0.3) is 5.91 Å². The molecule has 4 rings (SSSR count). The van der Waals surface area contributed by atoms with Gasteiger partial charge in [0.15, 0.2) is 5.65 Å². The van der Waals surface area contributed by atoms with Crippen LogP contribution in [0.2, 0.25) is 0 Å². The lowest BCUT2D eigenvalue weighted by Gasteiger charge is -2.12. The number of nitrogens with zero attached hydrogens (tertiary/aromatic N) is 3. The van der Waals surface area contributed by atoms with E-state index in [0.717, 1.165) is 22.5 Å². The van der Waals surface area contributed by atoms with Crippen LogP contribution in [0, 0.1) is 0 Å². The first kappa shape index (κ1) is 18.7. The van der Waals surface area contributed by atoms with Crippen molar-refractivity contribution in [2.75, 3.05) is 7.11 Å². The molecule has 6 nitrogen and oxygen atoms in total. The summed E-state index contributed by atoms with van der Waals surface area (Å²) in [7, 11) is 1.63. The van der Waals surface area contributed by atoms with E-state index in [1.54, 1.807) is 17.7 Å². The van der Waals surface area contributed by atoms with Gasteiger partial charge in [-0.15, -0.1) is 0 Å². The van der Waals surface area contributed by atoms with Crippen LogP contribution in [0.25, 0.3) is 28.2 Å². The van der Waals surface area contributed by atoms with Gasteiger partial charge in [0.05, 0.1) is 18.5 Å². The van der Waals surface area contributed by atoms with Gasteiger partial charge in [0, 0.05) is 23.2 Å². The predicted octanol–water partition coefficient (Wildman–Crippen LogP) is 4.21. The van der Waals surface area contributed by atoms with Crippen LogP contribution in [0.1, 0.15) is 24.3 Å². The van der Waals surface area contributed by atoms with Gasteiger partial charge in [-0.25, -0.2) is 9.50 Å². The molecule has 1 amide bonds. The van der Waals surface area contributed by atoms with Crippen molar-refractivity contribution in [3.63, 3.8) is 0 Å². The van der Waals surface area contributed by atoms with Gasteiger partial charge in [-0.2, -0.15) is 5.10 Å². The first-order valence-corrected chi connectivity index (χ1v) is 9.47. The summed E-state index contributed by atoms with van der Waals surface area (Å²) in [5, 5.41) is 7.67. The van der Waals surface area contributed by atoms with Gasteiger partial charge in [0.2, 0.25) is 0 Å². The van der Waals surface area contributed by atoms with Gasteiger partial charge in [-0.3, -0.25) is 4.79 Å². The predicted molar refractivity (Wildman–Crippen MR) is 113 cm³/mol. The molecule has 6 heteroatoms. The van der Waals surface area contributed by atoms with Crippen molar-refractivity contribution in [2.45, 2.75) is 19.9 Å². The minimum atomic E-state index is -0.221. The lowest BCUT2D eigenvalue weighted by molar-refractivity contribution is 0.0938. The summed E-state index contributed by atoms with van der Waals surface area (Å²) in [4.78, 5) is 17.2. The second-order valence-electron chi connectivity index (χ2n) is 7.02. The van der Waals surface area contributed by atoms with E-state index in [-0.39, 0.29) is 11.9 Å². The number of methoxy groups -OCH3 is 1. The van der Waals surface area contributed by atoms with Crippen LogP contribution in [-0.4, -0.2) is 33.7 Å². The molecule has 0 unspecified atom stereocenters. The third-order valence-corrected chi connectivity index (χ3v) is 4.53. The number of carbonyl (C=O) groups is 1. The number of amides is 1. The van der Waals surface area contributed by atoms with E-state index < -0.39 is 0 Å². The summed E-state index contributed by atoms with van der Waals surface area (Å²) in [5.74, 6) is 0.480. The summed E-state index contributed by atoms with van der Waals surface area (Å²) in [5.41, 5.74) is 4.29. The van der Waals surface area contributed by atoms with Crippen LogP contribution >= 0.6 is 0 Å². The fourth-order valence-corrected chi connectivity index (χ4v) is 3.23. The fourth-order valence-electron chi connectivity index (χ4n) is 3.23. The molecule has 146 valence electrons. The first-order valence-electron chi connectivity index (χ1n) is 9.47. The van der Waals surface area contributed by atoms with Gasteiger partial charge in [-0.1, -0.05) is 42.5 Å². The van der Waals surface area contributed by atoms with Crippen LogP contribution in [0.4, 0.5) is 0 Å². The Bertz CT molecular complexity index is 1170. The number of benzene rings is 2. The van der Waals surface area contributed by atoms with Crippen LogP contribution < -0.4 is 10.1 Å². The Morgan fingerprint density at radius 2 is 1.76 bits per heavy atom. The average molecular weight is 386 g/mol. The number of fused-ring (bicyclic) bond motifs is 1. The number of nitrogens with one attached hydrogen (secondary N) is 1. The molecule has 0 atom stereocenters. The van der Waals surface area contributed by atoms with Crippen molar-refractivity contribution in [2.24, 2.45) is 0 Å². The summed E-state index contributed by atoms with van der Waals surface area (Å²) in [6.45, 7) is 3.84. The molecule has 0 aliphatic heterocycles. The molecule has 0 bridgehead atoms. The normalized spacial score (nSPS) is 11.0. The maximum atomic E-state index is 12.7. The second-order valence-corrected chi connectivity index (χ2v) is 7.02. The van der Waals surface area contributed by atoms with Crippen molar-refractivity contribution in [3.05, 3.63) is 72.4 Å². The van der Waals surface area contributed by atoms with Crippen molar-refractivity contribution in [1.29, 1.82) is 0 Å². The highest BCUT2D eigenvalue weighted by molar-refractivity contribution is 5.94. The molecular weight excluding hydrogens is 364 g/mol. The quantitative estimate of drug-likeness (QED) is 0.558. The number of ether oxygens (including phenoxy) is 1. The second kappa shape index (κ2) is 7.75. The number of para-hydroxylation sites is 1. The molecule has 2 aromatic carbocycles. The summed E-state index contributed by atoms with van der Waals surface area (Å²) < 4.78 is 7.30. The maximum absolute atomic E-state index is 12.7. The van der Waals surface area contributed by atoms with Crippen molar-refractivity contribution < 1.29 is 9.53 Å². The Kier molecular flexibility index (Phi) is 4.99. The molecule has 0 aliphatic rings. The van der Waals surface area contributed by atoms with E-state index in [4.69, 9.17) is 9.84 Å². The molecule has 0 spiro atoms. The lowest BCUT2D eigenvalue weighted by Crippen LogP contribution is -2.31. The highest BCUT2D eigenvalue weighted by Gasteiger charge is 2.18. The largest absolute Gasteiger partial charge is 0.496 e. The Balaban J connectivity index is 1.95. The third-order valence-electron chi connectivity index (χ3n) is 4.53. The summed E-state index contributed by atoms with van der Waals surface area (Å²) >= 11 is 0. The number of carbonyl (C=O) groups excluding carboxylic acids is 1. The zero-order chi connectivity index (χ0) is 20.4. The first-order chi connectivity index (χ1) is 14.1. The molecule has 0 saturated carbocycles. The van der Waals surface area contributed by atoms with Crippen molar-refractivity contribution in [3.8, 4) is 28.3 Å². The van der Waals surface area contributed by atoms with E-state index in [1.165, 1.54) is 0 Å². The topological polar surface area (TPSA) is 68.5 Å². The van der Waals surface area contributed by atoms with E-state index in [1.807, 2.05) is 74.5 Å². The van der Waals surface area contributed by atoms with Gasteiger partial charge >= 0.3 is 0 Å². The standard InChI is InChI=1S/C23H22N4O2/c1-15(2)24-23(28)19-13-20(17-11-7-8-12-21(17)29-3)27-22(25-19)14-18(26-27)16-9-5-4-6-10-16/h4-15H,1-3H3,(H,24,28). The minimum Gasteiger partial charge on any atom is -0.496 e. The monoisotopic (exact) mass is 386 g/mol. The summed E-state index contributed by atoms with van der Waals surface area (Å²) in [6.07, 6.45) is 0. The van der Waals surface area contributed by atoms with Crippen molar-refractivity contribution in [1.82, 2.24) is 19.9 Å². The van der Waals surface area contributed by atoms with E-state index in [2.05, 4.69) is 10.3 Å². The minimum absolute atomic E-state index is 0.0139. The van der Waals surface area contributed by atoms with Crippen LogP contribution in [-0.2, 0) is 0 Å². The molecule has 0 saturated heterocycles. The molecular formula is C23H22N4O2. The Labute approximate surface area is 169 Å². The number of hydrogen-bond acceptors (Lipinski definition) is 4. The van der Waals surface area contributed by atoms with Gasteiger partial charge in [-0.05, 0) is 32.0 Å². The van der Waals surface area contributed by atoms with E-state index in [9.17, 15) is 4.79 Å². The summed E-state index contributed by atoms with van der Waals surface area (Å²) in [6, 6.07) is 21.2. The highest BCUT2D eigenvalue weighted by Crippen LogP contribution is 2.31. The number of hydrogen-bond donors (Lipinski definition) is 1. The molecule has 4 aromatic rings. The molecule has 0 aliphatic carbocycles. The highest BCUT2D eigenvalue weighted by atomic mass is 16.5. The van der Waals surface area contributed by atoms with Crippen LogP contribution in [0.15, 0.2) is 66.7 Å². The molecule has 0 fully saturated rings. The SMILES string of the molecule is COc1ccccc1-c1cc(C(=O)NC(C)C)nc2cc(-c3ccccc3)nn12. The Hall–Kier alpha value is -3.67. The molecule has 29 heavy (non-hydrogen) atoms.